The Hall–Kier alpha value is -1.85. The Labute approximate surface area is 142 Å². The summed E-state index contributed by atoms with van der Waals surface area (Å²) in [4.78, 5) is 14.5. The molecule has 2 heterocycles. The molecule has 1 amide bonds. The summed E-state index contributed by atoms with van der Waals surface area (Å²) in [5.74, 6) is 0.774. The number of carbonyl (C=O) groups is 1. The average molecular weight is 336 g/mol. The standard InChI is InChI=1S/C17H21N3O2.ClH/c1-12-7-8-20(14(9-12)11-18)17(21)16-10-15(19-22-16)13-5-3-2-4-6-13;/h2-6,10,12,14H,7-9,11,18H2,1H3;1H. The van der Waals surface area contributed by atoms with Crippen LogP contribution in [0.1, 0.15) is 30.3 Å². The first-order valence-corrected chi connectivity index (χ1v) is 7.72. The number of hydrogen-bond donors (Lipinski definition) is 1. The monoisotopic (exact) mass is 335 g/mol. The lowest BCUT2D eigenvalue weighted by molar-refractivity contribution is 0.0532. The van der Waals surface area contributed by atoms with E-state index in [0.29, 0.717) is 18.2 Å². The van der Waals surface area contributed by atoms with Gasteiger partial charge in [-0.15, -0.1) is 12.4 Å². The van der Waals surface area contributed by atoms with E-state index in [4.69, 9.17) is 10.3 Å². The van der Waals surface area contributed by atoms with Gasteiger partial charge in [0.05, 0.1) is 0 Å². The van der Waals surface area contributed by atoms with Crippen molar-refractivity contribution in [3.05, 3.63) is 42.2 Å². The van der Waals surface area contributed by atoms with Crippen LogP contribution in [0.15, 0.2) is 40.9 Å². The van der Waals surface area contributed by atoms with Crippen molar-refractivity contribution in [2.45, 2.75) is 25.8 Å². The molecular formula is C17H22ClN3O2. The van der Waals surface area contributed by atoms with Gasteiger partial charge >= 0.3 is 0 Å². The van der Waals surface area contributed by atoms with Crippen molar-refractivity contribution in [1.82, 2.24) is 10.1 Å². The Bertz CT molecular complexity index is 644. The number of carbonyl (C=O) groups excluding carboxylic acids is 1. The highest BCUT2D eigenvalue weighted by molar-refractivity contribution is 5.92. The highest BCUT2D eigenvalue weighted by Crippen LogP contribution is 2.25. The second-order valence-corrected chi connectivity index (χ2v) is 5.96. The summed E-state index contributed by atoms with van der Waals surface area (Å²) in [5.41, 5.74) is 7.45. The maximum Gasteiger partial charge on any atom is 0.292 e. The molecule has 3 rings (SSSR count). The van der Waals surface area contributed by atoms with E-state index in [-0.39, 0.29) is 30.1 Å². The zero-order valence-corrected chi connectivity index (χ0v) is 14.0. The van der Waals surface area contributed by atoms with E-state index in [1.807, 2.05) is 35.2 Å². The molecule has 1 saturated heterocycles. The van der Waals surface area contributed by atoms with Crippen LogP contribution in [0, 0.1) is 5.92 Å². The van der Waals surface area contributed by atoms with Gasteiger partial charge in [0.15, 0.2) is 0 Å². The number of hydrogen-bond acceptors (Lipinski definition) is 4. The van der Waals surface area contributed by atoms with Crippen LogP contribution in [0.5, 0.6) is 0 Å². The van der Waals surface area contributed by atoms with Gasteiger partial charge in [0, 0.05) is 30.8 Å². The third-order valence-electron chi connectivity index (χ3n) is 4.30. The van der Waals surface area contributed by atoms with Crippen molar-refractivity contribution in [1.29, 1.82) is 0 Å². The van der Waals surface area contributed by atoms with E-state index in [9.17, 15) is 4.79 Å². The fraction of sp³-hybridized carbons (Fsp3) is 0.412. The van der Waals surface area contributed by atoms with Crippen LogP contribution in [0.3, 0.4) is 0 Å². The average Bonchev–Trinajstić information content (AvgIpc) is 3.05. The van der Waals surface area contributed by atoms with Crippen molar-refractivity contribution in [2.24, 2.45) is 11.7 Å². The SMILES string of the molecule is CC1CCN(C(=O)c2cc(-c3ccccc3)no2)C(CN)C1.Cl. The van der Waals surface area contributed by atoms with Gasteiger partial charge in [-0.2, -0.15) is 0 Å². The van der Waals surface area contributed by atoms with E-state index < -0.39 is 0 Å². The summed E-state index contributed by atoms with van der Waals surface area (Å²) in [6.45, 7) is 3.41. The van der Waals surface area contributed by atoms with Crippen LogP contribution >= 0.6 is 12.4 Å². The maximum atomic E-state index is 12.7. The van der Waals surface area contributed by atoms with Crippen molar-refractivity contribution >= 4 is 18.3 Å². The molecule has 0 saturated carbocycles. The van der Waals surface area contributed by atoms with Crippen molar-refractivity contribution in [3.63, 3.8) is 0 Å². The van der Waals surface area contributed by atoms with Gasteiger partial charge in [-0.1, -0.05) is 42.4 Å². The highest BCUT2D eigenvalue weighted by atomic mass is 35.5. The fourth-order valence-corrected chi connectivity index (χ4v) is 3.00. The van der Waals surface area contributed by atoms with Crippen molar-refractivity contribution < 1.29 is 9.32 Å². The van der Waals surface area contributed by atoms with Crippen LogP contribution in [0.2, 0.25) is 0 Å². The zero-order valence-electron chi connectivity index (χ0n) is 13.1. The Morgan fingerprint density at radius 1 is 1.39 bits per heavy atom. The van der Waals surface area contributed by atoms with Gasteiger partial charge in [0.2, 0.25) is 5.76 Å². The fourth-order valence-electron chi connectivity index (χ4n) is 3.00. The molecule has 6 heteroatoms. The predicted molar refractivity (Wildman–Crippen MR) is 91.5 cm³/mol. The zero-order chi connectivity index (χ0) is 15.5. The van der Waals surface area contributed by atoms with E-state index in [0.717, 1.165) is 24.9 Å². The molecule has 23 heavy (non-hydrogen) atoms. The molecule has 0 spiro atoms. The molecule has 5 nitrogen and oxygen atoms in total. The van der Waals surface area contributed by atoms with E-state index in [1.54, 1.807) is 6.07 Å². The Balaban J connectivity index is 0.00000192. The third kappa shape index (κ3) is 3.74. The Morgan fingerprint density at radius 2 is 2.13 bits per heavy atom. The maximum absolute atomic E-state index is 12.7. The first kappa shape index (κ1) is 17.5. The van der Waals surface area contributed by atoms with Crippen molar-refractivity contribution in [2.75, 3.05) is 13.1 Å². The number of halogens is 1. The second-order valence-electron chi connectivity index (χ2n) is 5.96. The van der Waals surface area contributed by atoms with Crippen LogP contribution in [0.4, 0.5) is 0 Å². The number of aromatic nitrogens is 1. The molecule has 0 radical (unpaired) electrons. The minimum atomic E-state index is -0.114. The lowest BCUT2D eigenvalue weighted by Crippen LogP contribution is -2.49. The number of nitrogens with two attached hydrogens (primary N) is 1. The summed E-state index contributed by atoms with van der Waals surface area (Å²) in [5, 5.41) is 4.01. The molecule has 2 N–H and O–H groups in total. The number of amides is 1. The highest BCUT2D eigenvalue weighted by Gasteiger charge is 2.31. The summed E-state index contributed by atoms with van der Waals surface area (Å²) in [7, 11) is 0. The predicted octanol–water partition coefficient (Wildman–Crippen LogP) is 2.96. The van der Waals surface area contributed by atoms with Crippen LogP contribution in [0.25, 0.3) is 11.3 Å². The van der Waals surface area contributed by atoms with Crippen LogP contribution < -0.4 is 5.73 Å². The van der Waals surface area contributed by atoms with Gasteiger partial charge in [-0.3, -0.25) is 4.79 Å². The molecule has 2 unspecified atom stereocenters. The smallest absolute Gasteiger partial charge is 0.292 e. The minimum absolute atomic E-state index is 0. The van der Waals surface area contributed by atoms with Gasteiger partial charge in [0.25, 0.3) is 5.91 Å². The number of benzene rings is 1. The molecule has 1 fully saturated rings. The number of piperidine rings is 1. The van der Waals surface area contributed by atoms with Gasteiger partial charge in [-0.25, -0.2) is 0 Å². The third-order valence-corrected chi connectivity index (χ3v) is 4.30. The topological polar surface area (TPSA) is 72.4 Å². The summed E-state index contributed by atoms with van der Waals surface area (Å²) < 4.78 is 5.27. The van der Waals surface area contributed by atoms with E-state index in [2.05, 4.69) is 12.1 Å². The minimum Gasteiger partial charge on any atom is -0.350 e. The first-order chi connectivity index (χ1) is 10.7. The lowest BCUT2D eigenvalue weighted by Gasteiger charge is -2.37. The molecule has 2 atom stereocenters. The van der Waals surface area contributed by atoms with Gasteiger partial charge in [-0.05, 0) is 18.8 Å². The second kappa shape index (κ2) is 7.62. The summed E-state index contributed by atoms with van der Waals surface area (Å²) in [6.07, 6.45) is 1.95. The molecule has 1 aromatic heterocycles. The number of rotatable bonds is 3. The van der Waals surface area contributed by atoms with Crippen LogP contribution in [-0.4, -0.2) is 35.1 Å². The largest absolute Gasteiger partial charge is 0.350 e. The van der Waals surface area contributed by atoms with Gasteiger partial charge < -0.3 is 15.2 Å². The number of likely N-dealkylation sites (tertiary alicyclic amines) is 1. The molecule has 0 aliphatic carbocycles. The number of nitrogens with zero attached hydrogens (tertiary/aromatic N) is 2. The van der Waals surface area contributed by atoms with E-state index >= 15 is 0 Å². The molecule has 1 aliphatic rings. The lowest BCUT2D eigenvalue weighted by atomic mass is 9.92. The van der Waals surface area contributed by atoms with Crippen molar-refractivity contribution in [3.8, 4) is 11.3 Å². The molecule has 1 aliphatic heterocycles. The first-order valence-electron chi connectivity index (χ1n) is 7.72. The van der Waals surface area contributed by atoms with Gasteiger partial charge in [0.1, 0.15) is 5.69 Å². The summed E-state index contributed by atoms with van der Waals surface area (Å²) in [6, 6.07) is 11.5. The molecule has 0 bridgehead atoms. The normalized spacial score (nSPS) is 20.9. The Kier molecular flexibility index (Phi) is 5.80. The Morgan fingerprint density at radius 3 is 2.83 bits per heavy atom. The quantitative estimate of drug-likeness (QED) is 0.936. The van der Waals surface area contributed by atoms with E-state index in [1.165, 1.54) is 0 Å². The summed E-state index contributed by atoms with van der Waals surface area (Å²) >= 11 is 0. The molecule has 2 aromatic rings. The molecule has 124 valence electrons. The molecular weight excluding hydrogens is 314 g/mol. The molecule has 1 aromatic carbocycles. The van der Waals surface area contributed by atoms with Crippen LogP contribution in [-0.2, 0) is 0 Å².